The molecule has 2 aromatic carbocycles. The monoisotopic (exact) mass is 378 g/mol. The third-order valence-corrected chi connectivity index (χ3v) is 5.26. The van der Waals surface area contributed by atoms with E-state index in [1.165, 1.54) is 6.07 Å². The van der Waals surface area contributed by atoms with Gasteiger partial charge in [-0.2, -0.15) is 0 Å². The van der Waals surface area contributed by atoms with Crippen LogP contribution in [0.1, 0.15) is 26.2 Å². The van der Waals surface area contributed by atoms with Crippen LogP contribution in [0.3, 0.4) is 0 Å². The first-order valence-corrected chi connectivity index (χ1v) is 9.73. The van der Waals surface area contributed by atoms with Gasteiger partial charge in [-0.1, -0.05) is 25.1 Å². The summed E-state index contributed by atoms with van der Waals surface area (Å²) >= 11 is 0. The van der Waals surface area contributed by atoms with Crippen molar-refractivity contribution in [1.82, 2.24) is 9.88 Å². The van der Waals surface area contributed by atoms with Crippen molar-refractivity contribution in [3.8, 4) is 16.9 Å². The second-order valence-corrected chi connectivity index (χ2v) is 7.10. The van der Waals surface area contributed by atoms with Crippen LogP contribution < -0.4 is 4.74 Å². The highest BCUT2D eigenvalue weighted by Crippen LogP contribution is 2.29. The normalized spacial score (nSPS) is 15.0. The summed E-state index contributed by atoms with van der Waals surface area (Å²) in [5.41, 5.74) is 2.09. The minimum Gasteiger partial charge on any atom is -0.490 e. The van der Waals surface area contributed by atoms with Crippen LogP contribution in [0.5, 0.6) is 5.75 Å². The summed E-state index contributed by atoms with van der Waals surface area (Å²) in [7, 11) is 0. The van der Waals surface area contributed by atoms with Gasteiger partial charge in [-0.15, -0.1) is 0 Å². The molecule has 1 aliphatic heterocycles. The summed E-state index contributed by atoms with van der Waals surface area (Å²) < 4.78 is 20.6. The van der Waals surface area contributed by atoms with Crippen LogP contribution in [-0.2, 0) is 4.79 Å². The molecule has 0 aliphatic carbocycles. The first kappa shape index (κ1) is 18.4. The molecule has 0 radical (unpaired) electrons. The molecular formula is C23H23FN2O2. The zero-order valence-electron chi connectivity index (χ0n) is 15.9. The maximum atomic E-state index is 14.5. The fourth-order valence-corrected chi connectivity index (χ4v) is 3.67. The van der Waals surface area contributed by atoms with E-state index in [9.17, 15) is 9.18 Å². The number of fused-ring (bicyclic) bond motifs is 1. The van der Waals surface area contributed by atoms with Crippen LogP contribution in [0.4, 0.5) is 4.39 Å². The summed E-state index contributed by atoms with van der Waals surface area (Å²) in [5.74, 6) is 0.708. The highest BCUT2D eigenvalue weighted by Gasteiger charge is 2.23. The van der Waals surface area contributed by atoms with E-state index >= 15 is 0 Å². The third-order valence-electron chi connectivity index (χ3n) is 5.26. The van der Waals surface area contributed by atoms with Crippen LogP contribution >= 0.6 is 0 Å². The van der Waals surface area contributed by atoms with Crippen molar-refractivity contribution in [2.24, 2.45) is 0 Å². The van der Waals surface area contributed by atoms with E-state index in [-0.39, 0.29) is 17.8 Å². The van der Waals surface area contributed by atoms with Crippen molar-refractivity contribution in [2.75, 3.05) is 13.1 Å². The van der Waals surface area contributed by atoms with Crippen LogP contribution in [0.15, 0.2) is 54.7 Å². The molecule has 0 N–H and O–H groups in total. The maximum Gasteiger partial charge on any atom is 0.222 e. The zero-order chi connectivity index (χ0) is 19.5. The predicted octanol–water partition coefficient (Wildman–Crippen LogP) is 4.82. The van der Waals surface area contributed by atoms with Gasteiger partial charge in [0.05, 0.1) is 5.52 Å². The Morgan fingerprint density at radius 3 is 2.64 bits per heavy atom. The lowest BCUT2D eigenvalue weighted by molar-refractivity contribution is -0.132. The van der Waals surface area contributed by atoms with Gasteiger partial charge in [0.25, 0.3) is 0 Å². The van der Waals surface area contributed by atoms with Gasteiger partial charge in [0, 0.05) is 49.5 Å². The Balaban J connectivity index is 1.45. The van der Waals surface area contributed by atoms with Crippen molar-refractivity contribution in [3.05, 3.63) is 60.5 Å². The number of likely N-dealkylation sites (tertiary alicyclic amines) is 1. The minimum absolute atomic E-state index is 0.105. The molecule has 3 aromatic rings. The molecule has 0 saturated carbocycles. The van der Waals surface area contributed by atoms with Crippen molar-refractivity contribution < 1.29 is 13.9 Å². The quantitative estimate of drug-likeness (QED) is 0.654. The Hall–Kier alpha value is -2.95. The minimum atomic E-state index is -0.262. The molecule has 1 fully saturated rings. The van der Waals surface area contributed by atoms with Gasteiger partial charge in [-0.3, -0.25) is 9.78 Å². The number of pyridine rings is 1. The number of amides is 1. The first-order valence-electron chi connectivity index (χ1n) is 9.73. The van der Waals surface area contributed by atoms with Gasteiger partial charge in [0.2, 0.25) is 5.91 Å². The van der Waals surface area contributed by atoms with E-state index in [1.54, 1.807) is 18.3 Å². The van der Waals surface area contributed by atoms with E-state index in [1.807, 2.05) is 42.2 Å². The SMILES string of the molecule is CCC(=O)N1CCC(Oc2ccc(-c3cc4ncccc4cc3F)cc2)CC1. The number of halogens is 1. The number of ether oxygens (including phenoxy) is 1. The van der Waals surface area contributed by atoms with E-state index in [2.05, 4.69) is 4.98 Å². The lowest BCUT2D eigenvalue weighted by Gasteiger charge is -2.32. The molecule has 5 heteroatoms. The zero-order valence-corrected chi connectivity index (χ0v) is 15.9. The molecular weight excluding hydrogens is 355 g/mol. The summed E-state index contributed by atoms with van der Waals surface area (Å²) in [6.45, 7) is 3.37. The number of benzene rings is 2. The van der Waals surface area contributed by atoms with Gasteiger partial charge in [-0.25, -0.2) is 4.39 Å². The van der Waals surface area contributed by atoms with Gasteiger partial charge in [0.1, 0.15) is 17.7 Å². The lowest BCUT2D eigenvalue weighted by Crippen LogP contribution is -2.41. The largest absolute Gasteiger partial charge is 0.490 e. The smallest absolute Gasteiger partial charge is 0.222 e. The number of hydrogen-bond donors (Lipinski definition) is 0. The second-order valence-electron chi connectivity index (χ2n) is 7.10. The summed E-state index contributed by atoms with van der Waals surface area (Å²) in [4.78, 5) is 18.0. The molecule has 0 atom stereocenters. The molecule has 144 valence electrons. The van der Waals surface area contributed by atoms with E-state index in [4.69, 9.17) is 4.74 Å². The molecule has 1 aromatic heterocycles. The Morgan fingerprint density at radius 2 is 1.93 bits per heavy atom. The first-order chi connectivity index (χ1) is 13.6. The highest BCUT2D eigenvalue weighted by molar-refractivity contribution is 5.84. The fraction of sp³-hybridized carbons (Fsp3) is 0.304. The standard InChI is InChI=1S/C23H23FN2O2/c1-2-23(27)26-12-9-19(10-13-26)28-18-7-5-16(6-8-18)20-15-22-17(14-21(20)24)4-3-11-25-22/h3-8,11,14-15,19H,2,9-10,12-13H2,1H3. The Labute approximate surface area is 164 Å². The van der Waals surface area contributed by atoms with Crippen molar-refractivity contribution in [3.63, 3.8) is 0 Å². The number of carbonyl (C=O) groups is 1. The molecule has 4 rings (SSSR count). The van der Waals surface area contributed by atoms with E-state index < -0.39 is 0 Å². The number of carbonyl (C=O) groups excluding carboxylic acids is 1. The van der Waals surface area contributed by atoms with Crippen LogP contribution in [0.25, 0.3) is 22.0 Å². The maximum absolute atomic E-state index is 14.5. The van der Waals surface area contributed by atoms with Gasteiger partial charge in [0.15, 0.2) is 0 Å². The Bertz CT molecular complexity index is 980. The molecule has 28 heavy (non-hydrogen) atoms. The number of rotatable bonds is 4. The summed E-state index contributed by atoms with van der Waals surface area (Å²) in [6, 6.07) is 14.5. The molecule has 1 saturated heterocycles. The summed E-state index contributed by atoms with van der Waals surface area (Å²) in [6.07, 6.45) is 4.03. The lowest BCUT2D eigenvalue weighted by atomic mass is 10.0. The van der Waals surface area contributed by atoms with Crippen LogP contribution in [-0.4, -0.2) is 35.0 Å². The molecule has 1 amide bonds. The molecule has 1 aliphatic rings. The van der Waals surface area contributed by atoms with Crippen molar-refractivity contribution >= 4 is 16.8 Å². The third kappa shape index (κ3) is 3.84. The molecule has 0 unspecified atom stereocenters. The topological polar surface area (TPSA) is 42.4 Å². The molecule has 4 nitrogen and oxygen atoms in total. The molecule has 0 spiro atoms. The van der Waals surface area contributed by atoms with E-state index in [0.717, 1.165) is 48.1 Å². The highest BCUT2D eigenvalue weighted by atomic mass is 19.1. The van der Waals surface area contributed by atoms with Gasteiger partial charge < -0.3 is 9.64 Å². The van der Waals surface area contributed by atoms with Gasteiger partial charge >= 0.3 is 0 Å². The molecule has 0 bridgehead atoms. The molecule has 2 heterocycles. The fourth-order valence-electron chi connectivity index (χ4n) is 3.67. The van der Waals surface area contributed by atoms with Gasteiger partial charge in [-0.05, 0) is 35.9 Å². The number of piperidine rings is 1. The Kier molecular flexibility index (Phi) is 5.24. The average molecular weight is 378 g/mol. The van der Waals surface area contributed by atoms with E-state index in [0.29, 0.717) is 12.0 Å². The van der Waals surface area contributed by atoms with Crippen LogP contribution in [0.2, 0.25) is 0 Å². The van der Waals surface area contributed by atoms with Crippen LogP contribution in [0, 0.1) is 5.82 Å². The average Bonchev–Trinajstić information content (AvgIpc) is 2.74. The number of hydrogen-bond acceptors (Lipinski definition) is 3. The van der Waals surface area contributed by atoms with Crippen molar-refractivity contribution in [2.45, 2.75) is 32.3 Å². The number of aromatic nitrogens is 1. The Morgan fingerprint density at radius 1 is 1.18 bits per heavy atom. The summed E-state index contributed by atoms with van der Waals surface area (Å²) in [5, 5.41) is 0.789. The predicted molar refractivity (Wildman–Crippen MR) is 108 cm³/mol. The van der Waals surface area contributed by atoms with Crippen molar-refractivity contribution in [1.29, 1.82) is 0 Å². The number of nitrogens with zero attached hydrogens (tertiary/aromatic N) is 2. The second kappa shape index (κ2) is 7.97.